The normalized spacial score (nSPS) is 21.0. The Morgan fingerprint density at radius 1 is 1.00 bits per heavy atom. The molecule has 126 valence electrons. The number of likely N-dealkylation sites (tertiary alicyclic amines) is 1. The third-order valence-electron chi connectivity index (χ3n) is 5.06. The van der Waals surface area contributed by atoms with Crippen molar-refractivity contribution >= 4 is 10.0 Å². The topological polar surface area (TPSA) is 53.5 Å². The van der Waals surface area contributed by atoms with Gasteiger partial charge in [0.2, 0.25) is 10.0 Å². The summed E-state index contributed by atoms with van der Waals surface area (Å²) in [5.74, 6) is 0. The summed E-state index contributed by atoms with van der Waals surface area (Å²) < 4.78 is 27.1. The fourth-order valence-corrected chi connectivity index (χ4v) is 5.43. The first kappa shape index (κ1) is 15.7. The van der Waals surface area contributed by atoms with Crippen LogP contribution in [0.15, 0.2) is 59.8 Å². The first-order chi connectivity index (χ1) is 11.6. The summed E-state index contributed by atoms with van der Waals surface area (Å²) in [6.07, 6.45) is 4.58. The number of rotatable bonds is 4. The number of aromatic nitrogens is 1. The molecule has 1 aromatic carbocycles. The van der Waals surface area contributed by atoms with Gasteiger partial charge < -0.3 is 0 Å². The molecule has 2 fully saturated rings. The zero-order chi connectivity index (χ0) is 16.6. The van der Waals surface area contributed by atoms with Gasteiger partial charge in [-0.05, 0) is 36.2 Å². The lowest BCUT2D eigenvalue weighted by Crippen LogP contribution is -2.57. The molecule has 0 bridgehead atoms. The minimum absolute atomic E-state index is 0.134. The molecular weight excluding hydrogens is 322 g/mol. The zero-order valence-corrected chi connectivity index (χ0v) is 14.3. The van der Waals surface area contributed by atoms with Crippen molar-refractivity contribution in [2.24, 2.45) is 5.41 Å². The summed E-state index contributed by atoms with van der Waals surface area (Å²) in [6.45, 7) is 4.11. The van der Waals surface area contributed by atoms with Crippen molar-refractivity contribution in [1.29, 1.82) is 0 Å². The third kappa shape index (κ3) is 2.85. The van der Waals surface area contributed by atoms with Gasteiger partial charge in [0.1, 0.15) is 0 Å². The molecule has 5 nitrogen and oxygen atoms in total. The van der Waals surface area contributed by atoms with E-state index in [0.717, 1.165) is 26.1 Å². The van der Waals surface area contributed by atoms with E-state index in [1.807, 2.05) is 30.6 Å². The third-order valence-corrected chi connectivity index (χ3v) is 6.92. The number of benzene rings is 1. The molecule has 0 aliphatic carbocycles. The largest absolute Gasteiger partial charge is 0.298 e. The van der Waals surface area contributed by atoms with Crippen LogP contribution in [0.3, 0.4) is 0 Å². The number of sulfonamides is 1. The van der Waals surface area contributed by atoms with Crippen molar-refractivity contribution in [2.45, 2.75) is 17.9 Å². The Hall–Kier alpha value is -1.76. The number of hydrogen-bond acceptors (Lipinski definition) is 4. The van der Waals surface area contributed by atoms with Crippen LogP contribution in [0.5, 0.6) is 0 Å². The molecule has 0 unspecified atom stereocenters. The highest BCUT2D eigenvalue weighted by Gasteiger charge is 2.50. The average molecular weight is 343 g/mol. The quantitative estimate of drug-likeness (QED) is 0.852. The molecule has 1 aromatic heterocycles. The van der Waals surface area contributed by atoms with E-state index in [2.05, 4.69) is 9.88 Å². The van der Waals surface area contributed by atoms with Crippen molar-refractivity contribution in [1.82, 2.24) is 14.2 Å². The van der Waals surface area contributed by atoms with Crippen LogP contribution in [0, 0.1) is 5.41 Å². The van der Waals surface area contributed by atoms with Crippen molar-refractivity contribution in [3.8, 4) is 0 Å². The number of pyridine rings is 1. The predicted molar refractivity (Wildman–Crippen MR) is 91.8 cm³/mol. The van der Waals surface area contributed by atoms with E-state index in [-0.39, 0.29) is 5.41 Å². The highest BCUT2D eigenvalue weighted by Crippen LogP contribution is 2.41. The molecule has 2 aliphatic rings. The van der Waals surface area contributed by atoms with Gasteiger partial charge in [-0.3, -0.25) is 9.88 Å². The average Bonchev–Trinajstić information content (AvgIpc) is 3.03. The number of hydrogen-bond donors (Lipinski definition) is 0. The minimum atomic E-state index is -3.36. The van der Waals surface area contributed by atoms with Gasteiger partial charge in [0.05, 0.1) is 4.90 Å². The van der Waals surface area contributed by atoms with Crippen LogP contribution >= 0.6 is 0 Å². The summed E-state index contributed by atoms with van der Waals surface area (Å²) in [5, 5.41) is 0. The maximum Gasteiger partial charge on any atom is 0.243 e. The number of nitrogens with zero attached hydrogens (tertiary/aromatic N) is 3. The zero-order valence-electron chi connectivity index (χ0n) is 13.5. The molecule has 3 heterocycles. The molecule has 0 N–H and O–H groups in total. The van der Waals surface area contributed by atoms with Gasteiger partial charge in [-0.15, -0.1) is 0 Å². The van der Waals surface area contributed by atoms with Crippen molar-refractivity contribution < 1.29 is 8.42 Å². The molecule has 4 rings (SSSR count). The maximum absolute atomic E-state index is 12.7. The maximum atomic E-state index is 12.7. The second-order valence-corrected chi connectivity index (χ2v) is 8.84. The van der Waals surface area contributed by atoms with Crippen LogP contribution in [0.25, 0.3) is 0 Å². The van der Waals surface area contributed by atoms with E-state index in [1.54, 1.807) is 28.6 Å². The summed E-state index contributed by atoms with van der Waals surface area (Å²) >= 11 is 0. The fourth-order valence-electron chi connectivity index (χ4n) is 3.86. The van der Waals surface area contributed by atoms with Crippen LogP contribution in [0.2, 0.25) is 0 Å². The van der Waals surface area contributed by atoms with Gasteiger partial charge in [-0.2, -0.15) is 4.31 Å². The monoisotopic (exact) mass is 343 g/mol. The molecule has 0 saturated carbocycles. The van der Waals surface area contributed by atoms with E-state index >= 15 is 0 Å². The smallest absolute Gasteiger partial charge is 0.243 e. The van der Waals surface area contributed by atoms with E-state index in [1.165, 1.54) is 5.56 Å². The van der Waals surface area contributed by atoms with Crippen LogP contribution in [-0.2, 0) is 16.6 Å². The Balaban J connectivity index is 1.39. The van der Waals surface area contributed by atoms with Gasteiger partial charge in [0, 0.05) is 50.5 Å². The Kier molecular flexibility index (Phi) is 3.90. The fraction of sp³-hybridized carbons (Fsp3) is 0.389. The summed E-state index contributed by atoms with van der Waals surface area (Å²) in [6, 6.07) is 12.8. The summed E-state index contributed by atoms with van der Waals surface area (Å²) in [4.78, 5) is 6.82. The van der Waals surface area contributed by atoms with Crippen LogP contribution in [0.4, 0.5) is 0 Å². The molecule has 0 radical (unpaired) electrons. The second-order valence-electron chi connectivity index (χ2n) is 6.90. The molecule has 0 amide bonds. The Morgan fingerprint density at radius 3 is 2.42 bits per heavy atom. The molecule has 0 atom stereocenters. The van der Waals surface area contributed by atoms with Gasteiger partial charge in [-0.1, -0.05) is 18.2 Å². The summed E-state index contributed by atoms with van der Waals surface area (Å²) in [5.41, 5.74) is 1.39. The van der Waals surface area contributed by atoms with Crippen LogP contribution in [-0.4, -0.2) is 48.8 Å². The first-order valence-corrected chi connectivity index (χ1v) is 9.68. The van der Waals surface area contributed by atoms with Crippen LogP contribution < -0.4 is 0 Å². The molecular formula is C18H21N3O2S. The lowest BCUT2D eigenvalue weighted by Gasteiger charge is -2.48. The highest BCUT2D eigenvalue weighted by molar-refractivity contribution is 7.89. The Bertz CT molecular complexity index is 803. The summed E-state index contributed by atoms with van der Waals surface area (Å²) in [7, 11) is -3.36. The van der Waals surface area contributed by atoms with E-state index in [4.69, 9.17) is 0 Å². The lowest BCUT2D eigenvalue weighted by atomic mass is 9.79. The SMILES string of the molecule is O=S(=O)(c1ccccc1)N1CCC2(CN(Cc3ccncc3)C2)C1. The molecule has 1 spiro atoms. The Morgan fingerprint density at radius 2 is 1.71 bits per heavy atom. The second kappa shape index (κ2) is 5.95. The molecule has 2 aromatic rings. The Labute approximate surface area is 143 Å². The molecule has 2 aliphatic heterocycles. The lowest BCUT2D eigenvalue weighted by molar-refractivity contribution is 0.00650. The van der Waals surface area contributed by atoms with Crippen molar-refractivity contribution in [3.63, 3.8) is 0 Å². The predicted octanol–water partition coefficient (Wildman–Crippen LogP) is 1.98. The van der Waals surface area contributed by atoms with Gasteiger partial charge in [-0.25, -0.2) is 8.42 Å². The molecule has 6 heteroatoms. The van der Waals surface area contributed by atoms with Crippen molar-refractivity contribution in [2.75, 3.05) is 26.2 Å². The van der Waals surface area contributed by atoms with Crippen LogP contribution in [0.1, 0.15) is 12.0 Å². The van der Waals surface area contributed by atoms with E-state index < -0.39 is 10.0 Å². The molecule has 24 heavy (non-hydrogen) atoms. The standard InChI is InChI=1S/C18H21N3O2S/c22-24(23,17-4-2-1-3-5-17)21-11-8-18(15-21)13-20(14-18)12-16-6-9-19-10-7-16/h1-7,9-10H,8,11-15H2. The van der Waals surface area contributed by atoms with Gasteiger partial charge >= 0.3 is 0 Å². The van der Waals surface area contributed by atoms with Crippen molar-refractivity contribution in [3.05, 3.63) is 60.4 Å². The van der Waals surface area contributed by atoms with Gasteiger partial charge in [0.25, 0.3) is 0 Å². The molecule has 2 saturated heterocycles. The van der Waals surface area contributed by atoms with E-state index in [0.29, 0.717) is 18.0 Å². The van der Waals surface area contributed by atoms with Gasteiger partial charge in [0.15, 0.2) is 0 Å². The highest BCUT2D eigenvalue weighted by atomic mass is 32.2. The van der Waals surface area contributed by atoms with E-state index in [9.17, 15) is 8.42 Å². The first-order valence-electron chi connectivity index (χ1n) is 8.24. The minimum Gasteiger partial charge on any atom is -0.298 e.